The SMILES string of the molecule is COc1ccc(-c2ccc3nc(N)nc(OCC4CC4)c3c2)cc1OC. The number of rotatable bonds is 6. The van der Waals surface area contributed by atoms with Crippen LogP contribution < -0.4 is 19.9 Å². The number of nitrogens with zero attached hydrogens (tertiary/aromatic N) is 2. The van der Waals surface area contributed by atoms with E-state index in [1.54, 1.807) is 14.2 Å². The van der Waals surface area contributed by atoms with Crippen LogP contribution in [-0.4, -0.2) is 30.8 Å². The van der Waals surface area contributed by atoms with Crippen molar-refractivity contribution in [2.75, 3.05) is 26.6 Å². The van der Waals surface area contributed by atoms with Crippen LogP contribution in [0.25, 0.3) is 22.0 Å². The summed E-state index contributed by atoms with van der Waals surface area (Å²) in [6.07, 6.45) is 2.44. The molecule has 0 radical (unpaired) electrons. The zero-order valence-corrected chi connectivity index (χ0v) is 14.9. The highest BCUT2D eigenvalue weighted by molar-refractivity contribution is 5.89. The normalized spacial score (nSPS) is 13.6. The van der Waals surface area contributed by atoms with E-state index in [9.17, 15) is 0 Å². The summed E-state index contributed by atoms with van der Waals surface area (Å²) in [5, 5.41) is 0.854. The van der Waals surface area contributed by atoms with Gasteiger partial charge in [0.25, 0.3) is 0 Å². The number of anilines is 1. The molecule has 0 saturated heterocycles. The third kappa shape index (κ3) is 3.22. The maximum Gasteiger partial charge on any atom is 0.226 e. The fourth-order valence-corrected chi connectivity index (χ4v) is 2.90. The van der Waals surface area contributed by atoms with E-state index in [1.165, 1.54) is 12.8 Å². The second kappa shape index (κ2) is 6.71. The number of benzene rings is 2. The number of hydrogen-bond donors (Lipinski definition) is 1. The molecular weight excluding hydrogens is 330 g/mol. The van der Waals surface area contributed by atoms with Crippen LogP contribution >= 0.6 is 0 Å². The van der Waals surface area contributed by atoms with Gasteiger partial charge in [-0.2, -0.15) is 4.98 Å². The predicted molar refractivity (Wildman–Crippen MR) is 101 cm³/mol. The molecule has 134 valence electrons. The van der Waals surface area contributed by atoms with E-state index in [-0.39, 0.29) is 5.95 Å². The Kier molecular flexibility index (Phi) is 4.24. The molecule has 1 fully saturated rings. The van der Waals surface area contributed by atoms with Crippen molar-refractivity contribution < 1.29 is 14.2 Å². The van der Waals surface area contributed by atoms with Gasteiger partial charge in [0, 0.05) is 0 Å². The van der Waals surface area contributed by atoms with Crippen LogP contribution in [0.4, 0.5) is 5.95 Å². The van der Waals surface area contributed by atoms with Crippen molar-refractivity contribution >= 4 is 16.9 Å². The summed E-state index contributed by atoms with van der Waals surface area (Å²) in [6.45, 7) is 0.673. The largest absolute Gasteiger partial charge is 0.493 e. The van der Waals surface area contributed by atoms with Gasteiger partial charge >= 0.3 is 0 Å². The van der Waals surface area contributed by atoms with Crippen molar-refractivity contribution in [3.05, 3.63) is 36.4 Å². The van der Waals surface area contributed by atoms with Gasteiger partial charge in [-0.25, -0.2) is 4.98 Å². The highest BCUT2D eigenvalue weighted by Crippen LogP contribution is 2.35. The number of aromatic nitrogens is 2. The molecule has 1 saturated carbocycles. The third-order valence-electron chi connectivity index (χ3n) is 4.55. The van der Waals surface area contributed by atoms with E-state index in [0.717, 1.165) is 22.0 Å². The Morgan fingerprint density at radius 3 is 2.42 bits per heavy atom. The lowest BCUT2D eigenvalue weighted by Gasteiger charge is -2.12. The first-order chi connectivity index (χ1) is 12.7. The molecule has 0 bridgehead atoms. The van der Waals surface area contributed by atoms with Gasteiger partial charge in [-0.05, 0) is 54.2 Å². The molecule has 26 heavy (non-hydrogen) atoms. The molecule has 6 nitrogen and oxygen atoms in total. The van der Waals surface area contributed by atoms with Crippen molar-refractivity contribution in [3.63, 3.8) is 0 Å². The maximum atomic E-state index is 5.92. The maximum absolute atomic E-state index is 5.92. The van der Waals surface area contributed by atoms with Crippen LogP contribution in [0.1, 0.15) is 12.8 Å². The van der Waals surface area contributed by atoms with Gasteiger partial charge in [0.2, 0.25) is 11.8 Å². The van der Waals surface area contributed by atoms with E-state index in [2.05, 4.69) is 9.97 Å². The molecule has 1 aromatic heterocycles. The van der Waals surface area contributed by atoms with E-state index in [0.29, 0.717) is 29.9 Å². The molecule has 0 unspecified atom stereocenters. The summed E-state index contributed by atoms with van der Waals surface area (Å²) >= 11 is 0. The van der Waals surface area contributed by atoms with Crippen molar-refractivity contribution in [2.45, 2.75) is 12.8 Å². The predicted octanol–water partition coefficient (Wildman–Crippen LogP) is 3.69. The lowest BCUT2D eigenvalue weighted by atomic mass is 10.0. The molecule has 2 aromatic carbocycles. The molecule has 0 amide bonds. The monoisotopic (exact) mass is 351 g/mol. The zero-order chi connectivity index (χ0) is 18.1. The Bertz CT molecular complexity index is 954. The minimum absolute atomic E-state index is 0.224. The summed E-state index contributed by atoms with van der Waals surface area (Å²) in [6, 6.07) is 11.8. The molecule has 4 rings (SSSR count). The number of hydrogen-bond acceptors (Lipinski definition) is 6. The number of methoxy groups -OCH3 is 2. The van der Waals surface area contributed by atoms with Crippen LogP contribution in [0.5, 0.6) is 17.4 Å². The Balaban J connectivity index is 1.76. The Hall–Kier alpha value is -3.02. The standard InChI is InChI=1S/C20H21N3O3/c1-24-17-8-6-14(10-18(17)25-2)13-5-7-16-15(9-13)19(23-20(21)22-16)26-11-12-3-4-12/h5-10,12H,3-4,11H2,1-2H3,(H2,21,22,23). The number of ether oxygens (including phenoxy) is 3. The summed E-state index contributed by atoms with van der Waals surface area (Å²) in [7, 11) is 3.25. The number of nitrogen functional groups attached to an aromatic ring is 1. The van der Waals surface area contributed by atoms with Gasteiger partial charge in [0.1, 0.15) is 0 Å². The second-order valence-corrected chi connectivity index (χ2v) is 6.44. The minimum Gasteiger partial charge on any atom is -0.493 e. The van der Waals surface area contributed by atoms with Gasteiger partial charge in [-0.15, -0.1) is 0 Å². The smallest absolute Gasteiger partial charge is 0.226 e. The first-order valence-electron chi connectivity index (χ1n) is 8.60. The van der Waals surface area contributed by atoms with Gasteiger partial charge in [0.05, 0.1) is 31.7 Å². The molecule has 1 heterocycles. The van der Waals surface area contributed by atoms with Gasteiger partial charge in [0.15, 0.2) is 11.5 Å². The van der Waals surface area contributed by atoms with Crippen molar-refractivity contribution in [1.82, 2.24) is 9.97 Å². The molecule has 0 spiro atoms. The van der Waals surface area contributed by atoms with Crippen molar-refractivity contribution in [2.24, 2.45) is 5.92 Å². The molecule has 6 heteroatoms. The number of nitrogens with two attached hydrogens (primary N) is 1. The first kappa shape index (κ1) is 16.4. The molecule has 2 N–H and O–H groups in total. The fourth-order valence-electron chi connectivity index (χ4n) is 2.90. The molecule has 3 aromatic rings. The van der Waals surface area contributed by atoms with E-state index in [4.69, 9.17) is 19.9 Å². The second-order valence-electron chi connectivity index (χ2n) is 6.44. The molecule has 0 aliphatic heterocycles. The average molecular weight is 351 g/mol. The Morgan fingerprint density at radius 1 is 0.962 bits per heavy atom. The summed E-state index contributed by atoms with van der Waals surface area (Å²) in [5.74, 6) is 2.78. The van der Waals surface area contributed by atoms with Crippen LogP contribution in [0.15, 0.2) is 36.4 Å². The number of fused-ring (bicyclic) bond motifs is 1. The van der Waals surface area contributed by atoms with Crippen LogP contribution in [0.3, 0.4) is 0 Å². The lowest BCUT2D eigenvalue weighted by Crippen LogP contribution is -2.04. The van der Waals surface area contributed by atoms with Crippen molar-refractivity contribution in [3.8, 4) is 28.5 Å². The fraction of sp³-hybridized carbons (Fsp3) is 0.300. The van der Waals surface area contributed by atoms with E-state index in [1.807, 2.05) is 36.4 Å². The van der Waals surface area contributed by atoms with E-state index >= 15 is 0 Å². The zero-order valence-electron chi connectivity index (χ0n) is 14.9. The van der Waals surface area contributed by atoms with Crippen molar-refractivity contribution in [1.29, 1.82) is 0 Å². The highest BCUT2D eigenvalue weighted by Gasteiger charge is 2.23. The summed E-state index contributed by atoms with van der Waals surface area (Å²) in [4.78, 5) is 8.61. The first-order valence-corrected chi connectivity index (χ1v) is 8.60. The lowest BCUT2D eigenvalue weighted by molar-refractivity contribution is 0.292. The Morgan fingerprint density at radius 2 is 1.69 bits per heavy atom. The van der Waals surface area contributed by atoms with Crippen LogP contribution in [0.2, 0.25) is 0 Å². The molecule has 0 atom stereocenters. The quantitative estimate of drug-likeness (QED) is 0.730. The van der Waals surface area contributed by atoms with Crippen LogP contribution in [-0.2, 0) is 0 Å². The Labute approximate surface area is 151 Å². The average Bonchev–Trinajstić information content (AvgIpc) is 3.49. The summed E-state index contributed by atoms with van der Waals surface area (Å²) < 4.78 is 16.6. The minimum atomic E-state index is 0.224. The van der Waals surface area contributed by atoms with Gasteiger partial charge < -0.3 is 19.9 Å². The summed E-state index contributed by atoms with van der Waals surface area (Å²) in [5.41, 5.74) is 8.63. The molecule has 1 aliphatic carbocycles. The van der Waals surface area contributed by atoms with Gasteiger partial charge in [-0.3, -0.25) is 0 Å². The highest BCUT2D eigenvalue weighted by atomic mass is 16.5. The topological polar surface area (TPSA) is 79.5 Å². The third-order valence-corrected chi connectivity index (χ3v) is 4.55. The molecule has 1 aliphatic rings. The van der Waals surface area contributed by atoms with E-state index < -0.39 is 0 Å². The van der Waals surface area contributed by atoms with Gasteiger partial charge in [-0.1, -0.05) is 12.1 Å². The van der Waals surface area contributed by atoms with Crippen LogP contribution in [0, 0.1) is 5.92 Å². The molecular formula is C20H21N3O3.